The number of hydrogen-bond acceptors (Lipinski definition) is 3. The molecule has 0 aliphatic rings. The van der Waals surface area contributed by atoms with Gasteiger partial charge >= 0.3 is 29.6 Å². The molecular weight excluding hydrogens is 122 g/mol. The fourth-order valence-electron chi connectivity index (χ4n) is 0. The molecule has 0 atom stereocenters. The summed E-state index contributed by atoms with van der Waals surface area (Å²) in [5.41, 5.74) is 0. The van der Waals surface area contributed by atoms with Gasteiger partial charge in [-0.1, -0.05) is 17.0 Å². The monoisotopic (exact) mass is 125 g/mol. The largest absolute Gasteiger partial charge is 1.00 e. The van der Waals surface area contributed by atoms with Gasteiger partial charge < -0.3 is 8.42 Å². The molecule has 0 aliphatic heterocycles. The van der Waals surface area contributed by atoms with E-state index in [0.29, 0.717) is 0 Å². The average Bonchev–Trinajstić information content (AvgIpc) is 0.811. The van der Waals surface area contributed by atoms with Gasteiger partial charge in [-0.15, -0.1) is 0 Å². The van der Waals surface area contributed by atoms with Crippen molar-refractivity contribution in [2.75, 3.05) is 6.26 Å². The summed E-state index contributed by atoms with van der Waals surface area (Å²) in [4.78, 5) is 0. The Morgan fingerprint density at radius 1 is 1.33 bits per heavy atom. The van der Waals surface area contributed by atoms with Crippen molar-refractivity contribution in [1.82, 2.24) is 0 Å². The van der Waals surface area contributed by atoms with E-state index in [2.05, 4.69) is 0 Å². The van der Waals surface area contributed by atoms with E-state index in [1.807, 2.05) is 0 Å². The van der Waals surface area contributed by atoms with Gasteiger partial charge in [0.1, 0.15) is 0 Å². The molecule has 6 heavy (non-hydrogen) atoms. The van der Waals surface area contributed by atoms with Crippen LogP contribution < -0.4 is 29.6 Å². The van der Waals surface area contributed by atoms with Crippen molar-refractivity contribution in [3.05, 3.63) is 0 Å². The van der Waals surface area contributed by atoms with Crippen LogP contribution in [0.4, 0.5) is 0 Å². The second-order valence-electron chi connectivity index (χ2n) is 0.401. The summed E-state index contributed by atoms with van der Waals surface area (Å²) < 4.78 is 18.0. The van der Waals surface area contributed by atoms with Crippen LogP contribution in [0, 0.1) is 0 Å². The van der Waals surface area contributed by atoms with Crippen molar-refractivity contribution >= 4 is 40.3 Å². The molecule has 0 bridgehead atoms. The topological polar surface area (TPSA) is 34.1 Å². The smallest absolute Gasteiger partial charge is 0.424 e. The van der Waals surface area contributed by atoms with E-state index in [1.165, 1.54) is 0 Å². The number of rotatable bonds is 0. The summed E-state index contributed by atoms with van der Waals surface area (Å²) in [6.07, 6.45) is 1.08. The van der Waals surface area contributed by atoms with Crippen LogP contribution in [-0.4, -0.2) is 35.8 Å². The van der Waals surface area contributed by atoms with Crippen LogP contribution in [0.3, 0.4) is 0 Å². The molecule has 0 N–H and O–H groups in total. The minimum atomic E-state index is -1.86. The molecule has 0 saturated heterocycles. The quantitative estimate of drug-likeness (QED) is 0.249. The van der Waals surface area contributed by atoms with Crippen molar-refractivity contribution in [3.8, 4) is 0 Å². The molecule has 1 radical (unpaired) electrons. The van der Waals surface area contributed by atoms with Gasteiger partial charge in [0.05, 0.1) is 0 Å². The van der Waals surface area contributed by atoms with Gasteiger partial charge in [0, 0.05) is 29.6 Å². The maximum absolute atomic E-state index is 9.00. The van der Waals surface area contributed by atoms with Crippen LogP contribution in [0.1, 0.15) is 0 Å². The third-order valence-corrected chi connectivity index (χ3v) is 0. The first-order valence-corrected chi connectivity index (χ1v) is 2.22. The third-order valence-electron chi connectivity index (χ3n) is 0. The normalized spacial score (nSPS) is 5.67. The summed E-state index contributed by atoms with van der Waals surface area (Å²) in [6, 6.07) is 0. The minimum Gasteiger partial charge on any atom is -0.424 e. The molecule has 5 heteroatoms. The standard InChI is InChI=1S/CH3O2S.2Na/c1-4(2)3;;/h1H3;;/q-1;;+1. The molecule has 2 nitrogen and oxygen atoms in total. The van der Waals surface area contributed by atoms with E-state index in [9.17, 15) is 0 Å². The molecule has 0 unspecified atom stereocenters. The van der Waals surface area contributed by atoms with Crippen molar-refractivity contribution < 1.29 is 38.0 Å². The van der Waals surface area contributed by atoms with Crippen LogP contribution in [0.5, 0.6) is 0 Å². The molecular formula is CH3Na2O2S. The van der Waals surface area contributed by atoms with Gasteiger partial charge in [0.2, 0.25) is 0 Å². The summed E-state index contributed by atoms with van der Waals surface area (Å²) in [5, 5.41) is 0. The first-order valence-electron chi connectivity index (χ1n) is 0.742. The second-order valence-corrected chi connectivity index (χ2v) is 1.20. The molecule has 0 aliphatic carbocycles. The van der Waals surface area contributed by atoms with E-state index in [0.717, 1.165) is 6.26 Å². The van der Waals surface area contributed by atoms with Crippen LogP contribution in [0.25, 0.3) is 0 Å². The van der Waals surface area contributed by atoms with Gasteiger partial charge in [0.25, 0.3) is 0 Å². The molecule has 0 aromatic carbocycles. The van der Waals surface area contributed by atoms with Gasteiger partial charge in [-0.2, -0.15) is 0 Å². The van der Waals surface area contributed by atoms with E-state index in [1.54, 1.807) is 0 Å². The van der Waals surface area contributed by atoms with Gasteiger partial charge in [-0.05, 0) is 0 Å². The number of hydrogen-bond donors (Lipinski definition) is 0. The fourth-order valence-corrected chi connectivity index (χ4v) is 0. The molecule has 0 fully saturated rings. The zero-order valence-corrected chi connectivity index (χ0v) is 9.04. The Balaban J connectivity index is -0.0000000450. The predicted octanol–water partition coefficient (Wildman–Crippen LogP) is -3.45. The van der Waals surface area contributed by atoms with Crippen molar-refractivity contribution in [2.24, 2.45) is 0 Å². The average molecular weight is 125 g/mol. The Hall–Kier alpha value is 1.95. The molecule has 0 aromatic rings. The summed E-state index contributed by atoms with van der Waals surface area (Å²) in [7, 11) is -1.86. The Morgan fingerprint density at radius 3 is 1.33 bits per heavy atom. The summed E-state index contributed by atoms with van der Waals surface area (Å²) >= 11 is 0. The van der Waals surface area contributed by atoms with Crippen LogP contribution >= 0.6 is 0 Å². The maximum atomic E-state index is 9.00. The molecule has 0 rings (SSSR count). The Labute approximate surface area is 83.2 Å². The molecule has 27 valence electrons. The van der Waals surface area contributed by atoms with Gasteiger partial charge in [-0.3, -0.25) is 0 Å². The molecule has 0 heterocycles. The zero-order valence-electron chi connectivity index (χ0n) is 4.22. The van der Waals surface area contributed by atoms with E-state index < -0.39 is 10.7 Å². The van der Waals surface area contributed by atoms with Gasteiger partial charge in [-0.25, -0.2) is 0 Å². The molecule has 0 saturated carbocycles. The Morgan fingerprint density at radius 2 is 1.33 bits per heavy atom. The first kappa shape index (κ1) is 15.7. The van der Waals surface area contributed by atoms with Crippen molar-refractivity contribution in [1.29, 1.82) is 0 Å². The Kier molecular flexibility index (Phi) is 26.2. The van der Waals surface area contributed by atoms with E-state index in [-0.39, 0.29) is 59.1 Å². The SMILES string of the molecule is C[S-](=O)=O.[Na+].[Na]. The van der Waals surface area contributed by atoms with Crippen LogP contribution in [0.2, 0.25) is 0 Å². The molecule has 0 aromatic heterocycles. The summed E-state index contributed by atoms with van der Waals surface area (Å²) in [5.74, 6) is 0. The van der Waals surface area contributed by atoms with Gasteiger partial charge in [0.15, 0.2) is 0 Å². The fraction of sp³-hybridized carbons (Fsp3) is 1.00. The van der Waals surface area contributed by atoms with Crippen LogP contribution in [-0.2, 0) is 19.1 Å². The second kappa shape index (κ2) is 10.0. The third kappa shape index (κ3) is 38.3. The van der Waals surface area contributed by atoms with Crippen LogP contribution in [0.15, 0.2) is 0 Å². The van der Waals surface area contributed by atoms with E-state index in [4.69, 9.17) is 8.42 Å². The van der Waals surface area contributed by atoms with E-state index >= 15 is 0 Å². The van der Waals surface area contributed by atoms with Crippen molar-refractivity contribution in [2.45, 2.75) is 0 Å². The maximum Gasteiger partial charge on any atom is 1.00 e. The van der Waals surface area contributed by atoms with Crippen molar-refractivity contribution in [3.63, 3.8) is 0 Å². The first-order chi connectivity index (χ1) is 1.73. The molecule has 0 amide bonds. The Bertz CT molecular complexity index is 59.9. The summed E-state index contributed by atoms with van der Waals surface area (Å²) in [6.45, 7) is 0. The zero-order chi connectivity index (χ0) is 3.58. The minimum absolute atomic E-state index is 0. The molecule has 0 spiro atoms. The predicted molar refractivity (Wildman–Crippen MR) is 20.4 cm³/mol.